The van der Waals surface area contributed by atoms with Crippen LogP contribution in [-0.4, -0.2) is 60.3 Å². The third-order valence-electron chi connectivity index (χ3n) is 3.84. The van der Waals surface area contributed by atoms with Crippen LogP contribution in [0.1, 0.15) is 24.9 Å². The number of rotatable bonds is 4. The molecule has 1 aliphatic heterocycles. The minimum atomic E-state index is -0.906. The number of nitrogens with one attached hydrogen (secondary N) is 1. The van der Waals surface area contributed by atoms with Crippen LogP contribution in [0.25, 0.3) is 0 Å². The highest BCUT2D eigenvalue weighted by atomic mass is 16.5. The van der Waals surface area contributed by atoms with E-state index in [9.17, 15) is 9.59 Å². The lowest BCUT2D eigenvalue weighted by Gasteiger charge is -2.19. The fourth-order valence-corrected chi connectivity index (χ4v) is 2.42. The number of hydrogen-bond donors (Lipinski definition) is 2. The van der Waals surface area contributed by atoms with Gasteiger partial charge in [0.1, 0.15) is 11.9 Å². The van der Waals surface area contributed by atoms with E-state index in [1.165, 1.54) is 9.80 Å². The van der Waals surface area contributed by atoms with E-state index in [1.807, 2.05) is 31.2 Å². The monoisotopic (exact) mass is 321 g/mol. The van der Waals surface area contributed by atoms with Gasteiger partial charge in [0.15, 0.2) is 0 Å². The average molecular weight is 321 g/mol. The Morgan fingerprint density at radius 2 is 2.00 bits per heavy atom. The summed E-state index contributed by atoms with van der Waals surface area (Å²) in [4.78, 5) is 25.4. The molecule has 0 bridgehead atoms. The smallest absolute Gasteiger partial charge is 0.407 e. The van der Waals surface area contributed by atoms with Gasteiger partial charge in [-0.15, -0.1) is 0 Å². The van der Waals surface area contributed by atoms with E-state index in [0.29, 0.717) is 25.3 Å². The van der Waals surface area contributed by atoms with Crippen molar-refractivity contribution >= 4 is 12.1 Å². The molecular formula is C16H23N3O4. The van der Waals surface area contributed by atoms with Crippen LogP contribution in [0.4, 0.5) is 9.59 Å². The number of amides is 3. The molecule has 1 fully saturated rings. The molecular weight excluding hydrogens is 298 g/mol. The van der Waals surface area contributed by atoms with Crippen molar-refractivity contribution in [1.29, 1.82) is 0 Å². The molecule has 1 aromatic carbocycles. The second-order valence-corrected chi connectivity index (χ2v) is 5.89. The van der Waals surface area contributed by atoms with Crippen molar-refractivity contribution < 1.29 is 19.4 Å². The number of carbonyl (C=O) groups excluding carboxylic acids is 1. The SMILES string of the molecule is C[C@H](NC(=O)N(C)C)c1ccc(OC2CCN(C(=O)O)C2)cc1. The van der Waals surface area contributed by atoms with Crippen LogP contribution < -0.4 is 10.1 Å². The summed E-state index contributed by atoms with van der Waals surface area (Å²) in [6.07, 6.45) is -0.316. The van der Waals surface area contributed by atoms with Crippen molar-refractivity contribution in [3.05, 3.63) is 29.8 Å². The number of urea groups is 1. The highest BCUT2D eigenvalue weighted by Crippen LogP contribution is 2.21. The summed E-state index contributed by atoms with van der Waals surface area (Å²) in [6.45, 7) is 2.82. The molecule has 7 heteroatoms. The molecule has 2 N–H and O–H groups in total. The van der Waals surface area contributed by atoms with Gasteiger partial charge in [0.2, 0.25) is 0 Å². The molecule has 126 valence electrons. The van der Waals surface area contributed by atoms with Crippen LogP contribution in [0.2, 0.25) is 0 Å². The van der Waals surface area contributed by atoms with Gasteiger partial charge < -0.3 is 25.0 Å². The van der Waals surface area contributed by atoms with E-state index in [4.69, 9.17) is 9.84 Å². The zero-order valence-corrected chi connectivity index (χ0v) is 13.7. The zero-order chi connectivity index (χ0) is 17.0. The molecule has 1 heterocycles. The Hall–Kier alpha value is -2.44. The Kier molecular flexibility index (Phi) is 5.31. The van der Waals surface area contributed by atoms with Crippen LogP contribution >= 0.6 is 0 Å². The van der Waals surface area contributed by atoms with Gasteiger partial charge in [-0.05, 0) is 24.6 Å². The fourth-order valence-electron chi connectivity index (χ4n) is 2.42. The van der Waals surface area contributed by atoms with Crippen LogP contribution in [0, 0.1) is 0 Å². The Balaban J connectivity index is 1.90. The van der Waals surface area contributed by atoms with Crippen LogP contribution in [0.3, 0.4) is 0 Å². The molecule has 1 aromatic rings. The van der Waals surface area contributed by atoms with Gasteiger partial charge in [-0.25, -0.2) is 9.59 Å². The van der Waals surface area contributed by atoms with Crippen LogP contribution in [0.15, 0.2) is 24.3 Å². The maximum Gasteiger partial charge on any atom is 0.407 e. The summed E-state index contributed by atoms with van der Waals surface area (Å²) in [7, 11) is 3.39. The molecule has 1 saturated heterocycles. The average Bonchev–Trinajstić information content (AvgIpc) is 2.96. The van der Waals surface area contributed by atoms with E-state index >= 15 is 0 Å². The number of benzene rings is 1. The Morgan fingerprint density at radius 3 is 2.52 bits per heavy atom. The van der Waals surface area contributed by atoms with E-state index in [0.717, 1.165) is 5.56 Å². The second kappa shape index (κ2) is 7.21. The molecule has 0 aliphatic carbocycles. The standard InChI is InChI=1S/C16H23N3O4/c1-11(17-15(20)18(2)3)12-4-6-13(7-5-12)23-14-8-9-19(10-14)16(21)22/h4-7,11,14H,8-10H2,1-3H3,(H,17,20)(H,21,22)/t11-,14?/m0/s1. The molecule has 2 rings (SSSR count). The summed E-state index contributed by atoms with van der Waals surface area (Å²) in [5.74, 6) is 0.706. The molecule has 2 atom stereocenters. The van der Waals surface area contributed by atoms with Crippen LogP contribution in [-0.2, 0) is 0 Å². The lowest BCUT2D eigenvalue weighted by atomic mass is 10.1. The van der Waals surface area contributed by atoms with Gasteiger partial charge in [-0.3, -0.25) is 0 Å². The fraction of sp³-hybridized carbons (Fsp3) is 0.500. The molecule has 0 spiro atoms. The summed E-state index contributed by atoms with van der Waals surface area (Å²) in [6, 6.07) is 7.25. The first-order valence-electron chi connectivity index (χ1n) is 7.59. The number of carbonyl (C=O) groups is 2. The van der Waals surface area contributed by atoms with Crippen molar-refractivity contribution in [2.75, 3.05) is 27.2 Å². The minimum absolute atomic E-state index is 0.104. The lowest BCUT2D eigenvalue weighted by Crippen LogP contribution is -2.36. The molecule has 0 radical (unpaired) electrons. The van der Waals surface area contributed by atoms with E-state index in [1.54, 1.807) is 14.1 Å². The van der Waals surface area contributed by atoms with Gasteiger partial charge in [0.25, 0.3) is 0 Å². The van der Waals surface area contributed by atoms with Crippen LogP contribution in [0.5, 0.6) is 5.75 Å². The number of hydrogen-bond acceptors (Lipinski definition) is 3. The maximum absolute atomic E-state index is 11.6. The zero-order valence-electron chi connectivity index (χ0n) is 13.7. The lowest BCUT2D eigenvalue weighted by molar-refractivity contribution is 0.145. The first-order chi connectivity index (χ1) is 10.9. The van der Waals surface area contributed by atoms with Gasteiger partial charge in [0.05, 0.1) is 12.6 Å². The Bertz CT molecular complexity index is 559. The van der Waals surface area contributed by atoms with Gasteiger partial charge in [-0.1, -0.05) is 12.1 Å². The third kappa shape index (κ3) is 4.51. The summed E-state index contributed by atoms with van der Waals surface area (Å²) in [5, 5.41) is 11.8. The Labute approximate surface area is 135 Å². The van der Waals surface area contributed by atoms with Gasteiger partial charge in [0, 0.05) is 27.1 Å². The van der Waals surface area contributed by atoms with E-state index in [2.05, 4.69) is 5.32 Å². The molecule has 1 aliphatic rings. The summed E-state index contributed by atoms with van der Waals surface area (Å²) < 4.78 is 5.81. The normalized spacial score (nSPS) is 18.4. The largest absolute Gasteiger partial charge is 0.489 e. The van der Waals surface area contributed by atoms with Crippen molar-refractivity contribution in [1.82, 2.24) is 15.1 Å². The number of likely N-dealkylation sites (tertiary alicyclic amines) is 1. The third-order valence-corrected chi connectivity index (χ3v) is 3.84. The molecule has 0 saturated carbocycles. The molecule has 1 unspecified atom stereocenters. The second-order valence-electron chi connectivity index (χ2n) is 5.89. The topological polar surface area (TPSA) is 82.1 Å². The quantitative estimate of drug-likeness (QED) is 0.890. The molecule has 3 amide bonds. The first-order valence-corrected chi connectivity index (χ1v) is 7.59. The highest BCUT2D eigenvalue weighted by molar-refractivity contribution is 5.74. The Morgan fingerprint density at radius 1 is 1.35 bits per heavy atom. The van der Waals surface area contributed by atoms with Gasteiger partial charge >= 0.3 is 12.1 Å². The van der Waals surface area contributed by atoms with E-state index in [-0.39, 0.29) is 18.2 Å². The summed E-state index contributed by atoms with van der Waals surface area (Å²) in [5.41, 5.74) is 0.978. The number of carboxylic acid groups (broad SMARTS) is 1. The minimum Gasteiger partial charge on any atom is -0.489 e. The van der Waals surface area contributed by atoms with Crippen molar-refractivity contribution in [3.8, 4) is 5.75 Å². The maximum atomic E-state index is 11.6. The molecule has 23 heavy (non-hydrogen) atoms. The summed E-state index contributed by atoms with van der Waals surface area (Å²) >= 11 is 0. The van der Waals surface area contributed by atoms with Crippen molar-refractivity contribution in [2.24, 2.45) is 0 Å². The molecule has 7 nitrogen and oxygen atoms in total. The van der Waals surface area contributed by atoms with Crippen molar-refractivity contribution in [3.63, 3.8) is 0 Å². The highest BCUT2D eigenvalue weighted by Gasteiger charge is 2.27. The predicted molar refractivity (Wildman–Crippen MR) is 85.7 cm³/mol. The van der Waals surface area contributed by atoms with E-state index < -0.39 is 6.09 Å². The molecule has 0 aromatic heterocycles. The number of ether oxygens (including phenoxy) is 1. The van der Waals surface area contributed by atoms with Crippen molar-refractivity contribution in [2.45, 2.75) is 25.5 Å². The van der Waals surface area contributed by atoms with Gasteiger partial charge in [-0.2, -0.15) is 0 Å². The first kappa shape index (κ1) is 16.9. The predicted octanol–water partition coefficient (Wildman–Crippen LogP) is 2.15. The number of nitrogens with zero attached hydrogens (tertiary/aromatic N) is 2.